The average Bonchev–Trinajstić information content (AvgIpc) is 3.32. The van der Waals surface area contributed by atoms with Crippen molar-refractivity contribution in [3.05, 3.63) is 59.3 Å². The summed E-state index contributed by atoms with van der Waals surface area (Å²) in [7, 11) is 0. The van der Waals surface area contributed by atoms with Gasteiger partial charge in [0.25, 0.3) is 0 Å². The van der Waals surface area contributed by atoms with Gasteiger partial charge in [-0.05, 0) is 51.3 Å². The van der Waals surface area contributed by atoms with Crippen LogP contribution in [-0.2, 0) is 33.8 Å². The van der Waals surface area contributed by atoms with Crippen LogP contribution in [0.2, 0.25) is 0 Å². The van der Waals surface area contributed by atoms with Crippen LogP contribution in [0.3, 0.4) is 0 Å². The predicted molar refractivity (Wildman–Crippen MR) is 151 cm³/mol. The Balaban J connectivity index is 1.09. The summed E-state index contributed by atoms with van der Waals surface area (Å²) in [5.74, 6) is 0.891. The molecule has 2 atom stereocenters. The summed E-state index contributed by atoms with van der Waals surface area (Å²) < 4.78 is 16.6. The number of aromatic nitrogens is 1. The molecule has 0 aliphatic carbocycles. The smallest absolute Gasteiger partial charge is 0.410 e. The number of anilines is 1. The van der Waals surface area contributed by atoms with E-state index in [1.807, 2.05) is 63.2 Å². The number of pyridine rings is 1. The minimum atomic E-state index is -0.536. The molecule has 4 heterocycles. The van der Waals surface area contributed by atoms with Gasteiger partial charge in [0.15, 0.2) is 0 Å². The number of benzene rings is 1. The lowest BCUT2D eigenvalue weighted by Crippen LogP contribution is -2.58. The first-order chi connectivity index (χ1) is 19.6. The lowest BCUT2D eigenvalue weighted by atomic mass is 10.1. The van der Waals surface area contributed by atoms with Gasteiger partial charge < -0.3 is 33.8 Å². The summed E-state index contributed by atoms with van der Waals surface area (Å²) in [6.45, 7) is 10.6. The minimum absolute atomic E-state index is 0.0579. The van der Waals surface area contributed by atoms with Gasteiger partial charge in [-0.15, -0.1) is 0 Å². The van der Waals surface area contributed by atoms with Gasteiger partial charge in [-0.2, -0.15) is 0 Å². The number of carbonyl (C=O) groups excluding carboxylic acids is 3. The first-order valence-corrected chi connectivity index (χ1v) is 14.2. The van der Waals surface area contributed by atoms with E-state index in [4.69, 9.17) is 19.2 Å². The van der Waals surface area contributed by atoms with E-state index in [2.05, 4.69) is 11.8 Å². The van der Waals surface area contributed by atoms with E-state index in [1.165, 1.54) is 0 Å². The van der Waals surface area contributed by atoms with Crippen molar-refractivity contribution in [2.45, 2.75) is 65.0 Å². The van der Waals surface area contributed by atoms with Crippen LogP contribution in [-0.4, -0.2) is 94.9 Å². The first-order valence-electron chi connectivity index (χ1n) is 14.2. The van der Waals surface area contributed by atoms with Crippen LogP contribution in [0.4, 0.5) is 20.2 Å². The summed E-state index contributed by atoms with van der Waals surface area (Å²) in [5.41, 5.74) is 2.18. The molecule has 0 N–H and O–H groups in total. The van der Waals surface area contributed by atoms with Crippen molar-refractivity contribution >= 4 is 24.1 Å². The lowest BCUT2D eigenvalue weighted by Gasteiger charge is -2.43. The predicted octanol–water partition coefficient (Wildman–Crippen LogP) is 4.04. The molecule has 11 heteroatoms. The maximum absolute atomic E-state index is 12.8. The molecule has 0 radical (unpaired) electrons. The molecule has 3 amide bonds. The number of fused-ring (bicyclic) bond motifs is 3. The van der Waals surface area contributed by atoms with Crippen LogP contribution in [0.1, 0.15) is 44.5 Å². The quantitative estimate of drug-likeness (QED) is 0.512. The third-order valence-corrected chi connectivity index (χ3v) is 7.49. The van der Waals surface area contributed by atoms with E-state index in [1.54, 1.807) is 14.7 Å². The zero-order valence-corrected chi connectivity index (χ0v) is 24.2. The van der Waals surface area contributed by atoms with Crippen molar-refractivity contribution in [1.29, 1.82) is 0 Å². The van der Waals surface area contributed by atoms with Crippen molar-refractivity contribution in [2.24, 2.45) is 0 Å². The average molecular weight is 566 g/mol. The van der Waals surface area contributed by atoms with E-state index in [0.29, 0.717) is 45.0 Å². The van der Waals surface area contributed by atoms with Gasteiger partial charge in [0, 0.05) is 45.3 Å². The fourth-order valence-corrected chi connectivity index (χ4v) is 5.55. The third-order valence-electron chi connectivity index (χ3n) is 7.49. The van der Waals surface area contributed by atoms with Crippen molar-refractivity contribution in [3.8, 4) is 0 Å². The number of carbonyl (C=O) groups is 3. The highest BCUT2D eigenvalue weighted by Crippen LogP contribution is 2.35. The van der Waals surface area contributed by atoms with Crippen molar-refractivity contribution in [1.82, 2.24) is 19.7 Å². The molecule has 0 saturated carbocycles. The summed E-state index contributed by atoms with van der Waals surface area (Å²) in [5, 5.41) is 0. The van der Waals surface area contributed by atoms with Crippen LogP contribution in [0.5, 0.6) is 0 Å². The van der Waals surface area contributed by atoms with Gasteiger partial charge in [-0.25, -0.2) is 19.4 Å². The van der Waals surface area contributed by atoms with Gasteiger partial charge >= 0.3 is 18.3 Å². The topological polar surface area (TPSA) is 105 Å². The van der Waals surface area contributed by atoms with Crippen LogP contribution >= 0.6 is 0 Å². The molecule has 11 nitrogen and oxygen atoms in total. The number of amides is 3. The minimum Gasteiger partial charge on any atom is -0.445 e. The van der Waals surface area contributed by atoms with Crippen molar-refractivity contribution < 1.29 is 28.6 Å². The largest absolute Gasteiger partial charge is 0.445 e. The molecular formula is C30H39N5O6. The normalized spacial score (nSPS) is 20.3. The number of piperazine rings is 2. The first kappa shape index (κ1) is 28.5. The molecule has 2 fully saturated rings. The highest BCUT2D eigenvalue weighted by atomic mass is 16.6. The highest BCUT2D eigenvalue weighted by Gasteiger charge is 2.41. The van der Waals surface area contributed by atoms with E-state index < -0.39 is 11.7 Å². The molecule has 3 aliphatic heterocycles. The summed E-state index contributed by atoms with van der Waals surface area (Å²) in [6, 6.07) is 13.7. The molecule has 0 unspecified atom stereocenters. The molecule has 1 aromatic carbocycles. The van der Waals surface area contributed by atoms with E-state index in [9.17, 15) is 14.4 Å². The monoisotopic (exact) mass is 565 g/mol. The number of nitrogens with zero attached hydrogens (tertiary/aromatic N) is 5. The van der Waals surface area contributed by atoms with Crippen LogP contribution in [0.15, 0.2) is 42.5 Å². The van der Waals surface area contributed by atoms with Crippen LogP contribution in [0, 0.1) is 0 Å². The summed E-state index contributed by atoms with van der Waals surface area (Å²) in [4.78, 5) is 50.0. The zero-order valence-electron chi connectivity index (χ0n) is 24.2. The Morgan fingerprint density at radius 3 is 2.10 bits per heavy atom. The number of hydrogen-bond acceptors (Lipinski definition) is 8. The summed E-state index contributed by atoms with van der Waals surface area (Å²) in [6.07, 6.45) is -0.305. The van der Waals surface area contributed by atoms with Crippen molar-refractivity contribution in [3.63, 3.8) is 0 Å². The highest BCUT2D eigenvalue weighted by molar-refractivity contribution is 5.71. The zero-order chi connectivity index (χ0) is 29.1. The van der Waals surface area contributed by atoms with E-state index in [-0.39, 0.29) is 37.5 Å². The second-order valence-corrected chi connectivity index (χ2v) is 11.9. The van der Waals surface area contributed by atoms with Gasteiger partial charge in [0.2, 0.25) is 0 Å². The Morgan fingerprint density at radius 1 is 0.829 bits per heavy atom. The SMILES string of the molecule is C[C@@H]1CN(C(=O)OC(C)(C)C)C[C@H]2Cc3ccc(COC(=O)N4CCN(C(=O)OCc5ccccc5)CC4)nc3N21. The Morgan fingerprint density at radius 2 is 1.46 bits per heavy atom. The molecule has 0 bridgehead atoms. The fraction of sp³-hybridized carbons (Fsp3) is 0.533. The molecule has 3 aliphatic rings. The van der Waals surface area contributed by atoms with Crippen LogP contribution < -0.4 is 4.90 Å². The van der Waals surface area contributed by atoms with E-state index >= 15 is 0 Å². The van der Waals surface area contributed by atoms with Gasteiger partial charge in [0.05, 0.1) is 11.7 Å². The fourth-order valence-electron chi connectivity index (χ4n) is 5.55. The maximum atomic E-state index is 12.8. The van der Waals surface area contributed by atoms with Crippen molar-refractivity contribution in [2.75, 3.05) is 44.2 Å². The second kappa shape index (κ2) is 11.8. The lowest BCUT2D eigenvalue weighted by molar-refractivity contribution is 0.0191. The third kappa shape index (κ3) is 6.83. The molecule has 0 spiro atoms. The Kier molecular flexibility index (Phi) is 8.23. The van der Waals surface area contributed by atoms with Gasteiger partial charge in [0.1, 0.15) is 24.6 Å². The molecule has 2 aromatic rings. The Labute approximate surface area is 240 Å². The molecule has 220 valence electrons. The van der Waals surface area contributed by atoms with Gasteiger partial charge in [-0.3, -0.25) is 0 Å². The second-order valence-electron chi connectivity index (χ2n) is 11.9. The Bertz CT molecular complexity index is 1260. The van der Waals surface area contributed by atoms with Crippen LogP contribution in [0.25, 0.3) is 0 Å². The van der Waals surface area contributed by atoms with E-state index in [0.717, 1.165) is 23.4 Å². The molecule has 5 rings (SSSR count). The standard InChI is InChI=1S/C30H39N5O6/c1-21-17-34(29(38)41-30(2,3)4)18-25-16-23-10-11-24(31-26(23)35(21)25)20-40-28(37)33-14-12-32(13-15-33)27(36)39-19-22-8-6-5-7-9-22/h5-11,21,25H,12-20H2,1-4H3/t21-,25-/m1/s1. The molecular weight excluding hydrogens is 526 g/mol. The number of rotatable bonds is 4. The molecule has 41 heavy (non-hydrogen) atoms. The Hall–Kier alpha value is -4.02. The summed E-state index contributed by atoms with van der Waals surface area (Å²) >= 11 is 0. The van der Waals surface area contributed by atoms with Gasteiger partial charge in [-0.1, -0.05) is 36.4 Å². The number of hydrogen-bond donors (Lipinski definition) is 0. The number of ether oxygens (including phenoxy) is 3. The molecule has 2 saturated heterocycles. The maximum Gasteiger partial charge on any atom is 0.410 e. The molecule has 1 aromatic heterocycles.